The normalized spacial score (nSPS) is 14.8. The molecule has 0 bridgehead atoms. The summed E-state index contributed by atoms with van der Waals surface area (Å²) < 4.78 is 15.2. The Morgan fingerprint density at radius 1 is 1.46 bits per heavy atom. The van der Waals surface area contributed by atoms with Crippen molar-refractivity contribution < 1.29 is 23.8 Å². The maximum atomic E-state index is 12.4. The van der Waals surface area contributed by atoms with Gasteiger partial charge in [-0.2, -0.15) is 0 Å². The molecule has 1 aliphatic heterocycles. The number of carbonyl (C=O) groups excluding carboxylic acids is 2. The standard InChI is InChI=1S/C17H15ClN2O5S/c1-4-5-25-15-11(18)6-10(8-13(15)23-2)7-12-16(22)20(17(26)19-12)9-14(21)24-3/h1,6-8H,5,9H2,2-3H3,(H,19,26)/b12-7-. The molecule has 1 fully saturated rings. The van der Waals surface area contributed by atoms with Crippen LogP contribution in [0.4, 0.5) is 0 Å². The summed E-state index contributed by atoms with van der Waals surface area (Å²) in [6.45, 7) is -0.241. The minimum atomic E-state index is -0.580. The van der Waals surface area contributed by atoms with Gasteiger partial charge in [-0.3, -0.25) is 14.5 Å². The lowest BCUT2D eigenvalue weighted by Crippen LogP contribution is -2.35. The lowest BCUT2D eigenvalue weighted by molar-refractivity contribution is -0.143. The number of esters is 1. The van der Waals surface area contributed by atoms with E-state index in [1.54, 1.807) is 12.1 Å². The van der Waals surface area contributed by atoms with Gasteiger partial charge in [0.25, 0.3) is 5.91 Å². The highest BCUT2D eigenvalue weighted by Crippen LogP contribution is 2.37. The summed E-state index contributed by atoms with van der Waals surface area (Å²) in [5.74, 6) is 1.98. The van der Waals surface area contributed by atoms with Gasteiger partial charge in [-0.1, -0.05) is 17.5 Å². The van der Waals surface area contributed by atoms with E-state index >= 15 is 0 Å². The van der Waals surface area contributed by atoms with Crippen molar-refractivity contribution in [2.75, 3.05) is 27.4 Å². The number of nitrogens with one attached hydrogen (secondary N) is 1. The molecule has 1 saturated heterocycles. The van der Waals surface area contributed by atoms with E-state index in [2.05, 4.69) is 16.0 Å². The Labute approximate surface area is 160 Å². The van der Waals surface area contributed by atoms with Crippen LogP contribution >= 0.6 is 23.8 Å². The van der Waals surface area contributed by atoms with E-state index < -0.39 is 11.9 Å². The highest BCUT2D eigenvalue weighted by molar-refractivity contribution is 7.80. The maximum absolute atomic E-state index is 12.4. The van der Waals surface area contributed by atoms with Crippen molar-refractivity contribution >= 4 is 46.9 Å². The van der Waals surface area contributed by atoms with Gasteiger partial charge < -0.3 is 19.5 Å². The molecule has 7 nitrogen and oxygen atoms in total. The third-order valence-electron chi connectivity index (χ3n) is 3.34. The van der Waals surface area contributed by atoms with E-state index in [9.17, 15) is 9.59 Å². The van der Waals surface area contributed by atoms with Crippen molar-refractivity contribution in [2.45, 2.75) is 0 Å². The highest BCUT2D eigenvalue weighted by Gasteiger charge is 2.32. The second kappa shape index (κ2) is 8.56. The van der Waals surface area contributed by atoms with Crippen molar-refractivity contribution in [3.63, 3.8) is 0 Å². The van der Waals surface area contributed by atoms with Gasteiger partial charge in [0.05, 0.1) is 19.2 Å². The van der Waals surface area contributed by atoms with Crippen molar-refractivity contribution in [3.05, 3.63) is 28.4 Å². The summed E-state index contributed by atoms with van der Waals surface area (Å²) in [4.78, 5) is 24.9. The van der Waals surface area contributed by atoms with E-state index in [0.717, 1.165) is 4.90 Å². The summed E-state index contributed by atoms with van der Waals surface area (Å²) in [5, 5.41) is 3.14. The van der Waals surface area contributed by atoms with Crippen LogP contribution in [0.5, 0.6) is 11.5 Å². The third kappa shape index (κ3) is 4.25. The Morgan fingerprint density at radius 3 is 2.81 bits per heavy atom. The summed E-state index contributed by atoms with van der Waals surface area (Å²) >= 11 is 11.3. The van der Waals surface area contributed by atoms with Crippen LogP contribution in [0.2, 0.25) is 5.02 Å². The lowest BCUT2D eigenvalue weighted by Gasteiger charge is -2.12. The van der Waals surface area contributed by atoms with Crippen molar-refractivity contribution in [2.24, 2.45) is 0 Å². The van der Waals surface area contributed by atoms with E-state index in [-0.39, 0.29) is 29.0 Å². The van der Waals surface area contributed by atoms with Crippen LogP contribution in [0.3, 0.4) is 0 Å². The second-order valence-electron chi connectivity index (χ2n) is 4.98. The fourth-order valence-corrected chi connectivity index (χ4v) is 2.68. The molecule has 0 unspecified atom stereocenters. The number of amides is 1. The SMILES string of the molecule is C#CCOc1c(Cl)cc(/C=C2\NC(=S)N(CC(=O)OC)C2=O)cc1OC. The third-order valence-corrected chi connectivity index (χ3v) is 3.94. The van der Waals surface area contributed by atoms with Crippen LogP contribution < -0.4 is 14.8 Å². The molecule has 136 valence electrons. The topological polar surface area (TPSA) is 77.1 Å². The van der Waals surface area contributed by atoms with Gasteiger partial charge >= 0.3 is 5.97 Å². The molecule has 0 aromatic heterocycles. The summed E-state index contributed by atoms with van der Waals surface area (Å²) in [6.07, 6.45) is 6.71. The number of ether oxygens (including phenoxy) is 3. The molecular weight excluding hydrogens is 380 g/mol. The average molecular weight is 395 g/mol. The molecular formula is C17H15ClN2O5S. The van der Waals surface area contributed by atoms with Gasteiger partial charge in [-0.15, -0.1) is 6.42 Å². The van der Waals surface area contributed by atoms with Crippen LogP contribution in [0, 0.1) is 12.3 Å². The Hall–Kier alpha value is -2.76. The smallest absolute Gasteiger partial charge is 0.325 e. The number of thiocarbonyl (C=S) groups is 1. The first-order valence-electron chi connectivity index (χ1n) is 7.26. The molecule has 2 rings (SSSR count). The lowest BCUT2D eigenvalue weighted by atomic mass is 10.1. The quantitative estimate of drug-likeness (QED) is 0.340. The minimum Gasteiger partial charge on any atom is -0.493 e. The number of hydrogen-bond donors (Lipinski definition) is 1. The number of halogens is 1. The summed E-state index contributed by atoms with van der Waals surface area (Å²) in [6, 6.07) is 3.22. The van der Waals surface area contributed by atoms with Crippen LogP contribution in [-0.2, 0) is 14.3 Å². The zero-order valence-corrected chi connectivity index (χ0v) is 15.6. The number of terminal acetylenes is 1. The van der Waals surface area contributed by atoms with Crippen molar-refractivity contribution in [3.8, 4) is 23.8 Å². The number of carbonyl (C=O) groups is 2. The largest absolute Gasteiger partial charge is 0.493 e. The Kier molecular flexibility index (Phi) is 6.44. The molecule has 26 heavy (non-hydrogen) atoms. The molecule has 9 heteroatoms. The van der Waals surface area contributed by atoms with E-state index in [1.165, 1.54) is 20.3 Å². The van der Waals surface area contributed by atoms with Gasteiger partial charge in [0.1, 0.15) is 18.8 Å². The van der Waals surface area contributed by atoms with Crippen molar-refractivity contribution in [1.82, 2.24) is 10.2 Å². The molecule has 0 saturated carbocycles. The van der Waals surface area contributed by atoms with Crippen LogP contribution in [0.15, 0.2) is 17.8 Å². The monoisotopic (exact) mass is 394 g/mol. The molecule has 1 amide bonds. The van der Waals surface area contributed by atoms with Crippen LogP contribution in [-0.4, -0.2) is 49.3 Å². The predicted molar refractivity (Wildman–Crippen MR) is 99.8 cm³/mol. The first-order chi connectivity index (χ1) is 12.4. The fourth-order valence-electron chi connectivity index (χ4n) is 2.15. The molecule has 0 radical (unpaired) electrons. The Morgan fingerprint density at radius 2 is 2.19 bits per heavy atom. The fraction of sp³-hybridized carbons (Fsp3) is 0.235. The summed E-state index contributed by atoms with van der Waals surface area (Å²) in [7, 11) is 2.69. The molecule has 0 atom stereocenters. The number of methoxy groups -OCH3 is 2. The molecule has 1 heterocycles. The molecule has 0 spiro atoms. The van der Waals surface area contributed by atoms with Crippen LogP contribution in [0.1, 0.15) is 5.56 Å². The molecule has 1 aromatic carbocycles. The van der Waals surface area contributed by atoms with Gasteiger partial charge in [0.2, 0.25) is 0 Å². The van der Waals surface area contributed by atoms with Gasteiger partial charge in [-0.25, -0.2) is 0 Å². The van der Waals surface area contributed by atoms with Gasteiger partial charge in [-0.05, 0) is 36.0 Å². The first-order valence-corrected chi connectivity index (χ1v) is 8.05. The Bertz CT molecular complexity index is 831. The molecule has 1 N–H and O–H groups in total. The Balaban J connectivity index is 2.31. The second-order valence-corrected chi connectivity index (χ2v) is 5.78. The summed E-state index contributed by atoms with van der Waals surface area (Å²) in [5.41, 5.74) is 0.757. The van der Waals surface area contributed by atoms with Gasteiger partial charge in [0, 0.05) is 0 Å². The number of benzene rings is 1. The van der Waals surface area contributed by atoms with E-state index in [0.29, 0.717) is 17.1 Å². The van der Waals surface area contributed by atoms with E-state index in [4.69, 9.17) is 39.7 Å². The highest BCUT2D eigenvalue weighted by atomic mass is 35.5. The molecule has 1 aliphatic rings. The molecule has 1 aromatic rings. The number of hydrogen-bond acceptors (Lipinski definition) is 6. The predicted octanol–water partition coefficient (Wildman–Crippen LogP) is 1.59. The van der Waals surface area contributed by atoms with E-state index in [1.807, 2.05) is 0 Å². The number of nitrogens with zero attached hydrogens (tertiary/aromatic N) is 1. The van der Waals surface area contributed by atoms with Gasteiger partial charge in [0.15, 0.2) is 16.6 Å². The van der Waals surface area contributed by atoms with Crippen LogP contribution in [0.25, 0.3) is 6.08 Å². The first kappa shape index (κ1) is 19.6. The molecule has 0 aliphatic carbocycles. The minimum absolute atomic E-state index is 0.0350. The van der Waals surface area contributed by atoms with Crippen molar-refractivity contribution in [1.29, 1.82) is 0 Å². The zero-order valence-electron chi connectivity index (χ0n) is 14.0. The average Bonchev–Trinajstić information content (AvgIpc) is 2.87. The number of rotatable bonds is 6. The zero-order chi connectivity index (χ0) is 19.3. The maximum Gasteiger partial charge on any atom is 0.325 e.